The Kier molecular flexibility index (Phi) is 4.54. The van der Waals surface area contributed by atoms with E-state index in [4.69, 9.17) is 11.6 Å². The van der Waals surface area contributed by atoms with Gasteiger partial charge in [0.15, 0.2) is 0 Å². The standard InChI is InChI=1S/C13H12ClN3OS3/c1-17-5-9(4-15-17)13-16-10(6-19-13)7-21(18)8-11-2-3-12(14)20-11/h2-6H,7-8H2,1H3. The molecule has 3 heterocycles. The van der Waals surface area contributed by atoms with Crippen molar-refractivity contribution in [2.24, 2.45) is 7.05 Å². The van der Waals surface area contributed by atoms with E-state index in [0.29, 0.717) is 11.5 Å². The largest absolute Gasteiger partial charge is 0.275 e. The van der Waals surface area contributed by atoms with E-state index < -0.39 is 10.8 Å². The first kappa shape index (κ1) is 14.9. The highest BCUT2D eigenvalue weighted by atomic mass is 35.5. The van der Waals surface area contributed by atoms with E-state index in [0.717, 1.165) is 25.5 Å². The number of nitrogens with zero attached hydrogens (tertiary/aromatic N) is 3. The number of aromatic nitrogens is 3. The molecule has 4 nitrogen and oxygen atoms in total. The fourth-order valence-electron chi connectivity index (χ4n) is 1.84. The summed E-state index contributed by atoms with van der Waals surface area (Å²) in [5.41, 5.74) is 1.85. The van der Waals surface area contributed by atoms with Crippen LogP contribution < -0.4 is 0 Å². The van der Waals surface area contributed by atoms with Gasteiger partial charge >= 0.3 is 0 Å². The molecule has 8 heteroatoms. The van der Waals surface area contributed by atoms with Gasteiger partial charge in [-0.1, -0.05) is 11.6 Å². The second-order valence-corrected chi connectivity index (χ2v) is 8.60. The van der Waals surface area contributed by atoms with Crippen LogP contribution in [-0.2, 0) is 29.4 Å². The third-order valence-corrected chi connectivity index (χ3v) is 6.35. The Balaban J connectivity index is 1.65. The first-order valence-electron chi connectivity index (χ1n) is 6.13. The van der Waals surface area contributed by atoms with E-state index in [1.807, 2.05) is 30.8 Å². The molecule has 1 unspecified atom stereocenters. The quantitative estimate of drug-likeness (QED) is 0.699. The maximum absolute atomic E-state index is 12.2. The van der Waals surface area contributed by atoms with E-state index in [-0.39, 0.29) is 0 Å². The van der Waals surface area contributed by atoms with Crippen LogP contribution in [0.3, 0.4) is 0 Å². The molecule has 0 bridgehead atoms. The molecule has 0 spiro atoms. The fraction of sp³-hybridized carbons (Fsp3) is 0.231. The molecule has 110 valence electrons. The van der Waals surface area contributed by atoms with Crippen molar-refractivity contribution in [3.8, 4) is 10.6 Å². The van der Waals surface area contributed by atoms with Gasteiger partial charge in [-0.2, -0.15) is 5.10 Å². The van der Waals surface area contributed by atoms with Gasteiger partial charge in [0.1, 0.15) is 5.01 Å². The van der Waals surface area contributed by atoms with Crippen molar-refractivity contribution in [1.29, 1.82) is 0 Å². The van der Waals surface area contributed by atoms with E-state index in [2.05, 4.69) is 10.1 Å². The third-order valence-electron chi connectivity index (χ3n) is 2.74. The van der Waals surface area contributed by atoms with E-state index in [1.54, 1.807) is 22.2 Å². The van der Waals surface area contributed by atoms with Crippen molar-refractivity contribution in [2.75, 3.05) is 0 Å². The van der Waals surface area contributed by atoms with Gasteiger partial charge < -0.3 is 0 Å². The molecule has 0 radical (unpaired) electrons. The Labute approximate surface area is 137 Å². The molecule has 3 rings (SSSR count). The minimum atomic E-state index is -0.971. The van der Waals surface area contributed by atoms with Gasteiger partial charge in [0.05, 0.1) is 27.7 Å². The molecule has 21 heavy (non-hydrogen) atoms. The monoisotopic (exact) mass is 357 g/mol. The minimum absolute atomic E-state index is 0.465. The summed E-state index contributed by atoms with van der Waals surface area (Å²) in [5.74, 6) is 0.990. The van der Waals surface area contributed by atoms with Crippen LogP contribution >= 0.6 is 34.3 Å². The molecular weight excluding hydrogens is 346 g/mol. The molecule has 0 fully saturated rings. The first-order valence-corrected chi connectivity index (χ1v) is 9.69. The van der Waals surface area contributed by atoms with E-state index >= 15 is 0 Å². The molecule has 3 aromatic rings. The summed E-state index contributed by atoms with van der Waals surface area (Å²) in [4.78, 5) is 5.57. The summed E-state index contributed by atoms with van der Waals surface area (Å²) in [6.07, 6.45) is 3.71. The number of hydrogen-bond acceptors (Lipinski definition) is 5. The van der Waals surface area contributed by atoms with Crippen molar-refractivity contribution >= 4 is 45.1 Å². The Hall–Kier alpha value is -1.02. The van der Waals surface area contributed by atoms with Crippen molar-refractivity contribution in [3.63, 3.8) is 0 Å². The predicted molar refractivity (Wildman–Crippen MR) is 89.2 cm³/mol. The molecule has 0 N–H and O–H groups in total. The third kappa shape index (κ3) is 3.79. The van der Waals surface area contributed by atoms with Crippen LogP contribution in [0.2, 0.25) is 4.34 Å². The Morgan fingerprint density at radius 1 is 1.38 bits per heavy atom. The summed E-state index contributed by atoms with van der Waals surface area (Å²) >= 11 is 8.90. The highest BCUT2D eigenvalue weighted by Gasteiger charge is 2.10. The van der Waals surface area contributed by atoms with Gasteiger partial charge in [0.25, 0.3) is 0 Å². The molecule has 0 saturated heterocycles. The van der Waals surface area contributed by atoms with Crippen LogP contribution in [0.5, 0.6) is 0 Å². The second kappa shape index (κ2) is 6.39. The Morgan fingerprint density at radius 2 is 2.24 bits per heavy atom. The normalized spacial score (nSPS) is 12.7. The average Bonchev–Trinajstić information content (AvgIpc) is 3.12. The van der Waals surface area contributed by atoms with Crippen LogP contribution in [0.1, 0.15) is 10.6 Å². The summed E-state index contributed by atoms with van der Waals surface area (Å²) in [6, 6.07) is 3.76. The summed E-state index contributed by atoms with van der Waals surface area (Å²) < 4.78 is 14.6. The molecule has 0 aliphatic heterocycles. The predicted octanol–water partition coefficient (Wildman–Crippen LogP) is 3.71. The molecule has 0 aliphatic carbocycles. The molecule has 1 atom stereocenters. The molecule has 0 saturated carbocycles. The summed E-state index contributed by atoms with van der Waals surface area (Å²) in [5, 5.41) is 7.00. The number of halogens is 1. The summed E-state index contributed by atoms with van der Waals surface area (Å²) in [6.45, 7) is 0. The average molecular weight is 358 g/mol. The number of hydrogen-bond donors (Lipinski definition) is 0. The van der Waals surface area contributed by atoms with E-state index in [9.17, 15) is 4.21 Å². The number of aryl methyl sites for hydroxylation is 1. The van der Waals surface area contributed by atoms with Gasteiger partial charge in [-0.15, -0.1) is 22.7 Å². The van der Waals surface area contributed by atoms with Crippen LogP contribution in [0.4, 0.5) is 0 Å². The van der Waals surface area contributed by atoms with Gasteiger partial charge in [-0.05, 0) is 12.1 Å². The topological polar surface area (TPSA) is 47.8 Å². The van der Waals surface area contributed by atoms with Gasteiger partial charge in [0, 0.05) is 39.9 Å². The Morgan fingerprint density at radius 3 is 2.90 bits per heavy atom. The number of thiazole rings is 1. The smallest absolute Gasteiger partial charge is 0.126 e. The summed E-state index contributed by atoms with van der Waals surface area (Å²) in [7, 11) is 0.903. The lowest BCUT2D eigenvalue weighted by molar-refractivity contribution is 0.682. The maximum Gasteiger partial charge on any atom is 0.126 e. The van der Waals surface area contributed by atoms with Crippen molar-refractivity contribution in [2.45, 2.75) is 11.5 Å². The molecule has 0 amide bonds. The molecular formula is C13H12ClN3OS3. The number of thiophene rings is 1. The highest BCUT2D eigenvalue weighted by molar-refractivity contribution is 7.83. The SMILES string of the molecule is Cn1cc(-c2nc(CS(=O)Cc3ccc(Cl)s3)cs2)cn1. The molecule has 0 aliphatic rings. The molecule has 3 aromatic heterocycles. The van der Waals surface area contributed by atoms with Gasteiger partial charge in [-0.3, -0.25) is 8.89 Å². The first-order chi connectivity index (χ1) is 10.1. The lowest BCUT2D eigenvalue weighted by Crippen LogP contribution is -1.98. The van der Waals surface area contributed by atoms with Crippen molar-refractivity contribution in [3.05, 3.63) is 44.8 Å². The van der Waals surface area contributed by atoms with Gasteiger partial charge in [0.2, 0.25) is 0 Å². The van der Waals surface area contributed by atoms with Crippen LogP contribution in [0.25, 0.3) is 10.6 Å². The van der Waals surface area contributed by atoms with Crippen molar-refractivity contribution in [1.82, 2.24) is 14.8 Å². The van der Waals surface area contributed by atoms with E-state index in [1.165, 1.54) is 11.3 Å². The zero-order valence-corrected chi connectivity index (χ0v) is 14.4. The van der Waals surface area contributed by atoms with Crippen LogP contribution in [-0.4, -0.2) is 19.0 Å². The highest BCUT2D eigenvalue weighted by Crippen LogP contribution is 2.25. The zero-order valence-electron chi connectivity index (χ0n) is 11.2. The lowest BCUT2D eigenvalue weighted by Gasteiger charge is -1.97. The number of rotatable bonds is 5. The van der Waals surface area contributed by atoms with Crippen LogP contribution in [0, 0.1) is 0 Å². The lowest BCUT2D eigenvalue weighted by atomic mass is 10.4. The minimum Gasteiger partial charge on any atom is -0.275 e. The van der Waals surface area contributed by atoms with Crippen LogP contribution in [0.15, 0.2) is 29.9 Å². The maximum atomic E-state index is 12.2. The van der Waals surface area contributed by atoms with Crippen molar-refractivity contribution < 1.29 is 4.21 Å². The second-order valence-electron chi connectivity index (χ2n) is 4.48. The zero-order chi connectivity index (χ0) is 14.8. The van der Waals surface area contributed by atoms with Gasteiger partial charge in [-0.25, -0.2) is 4.98 Å². The Bertz CT molecular complexity index is 777. The molecule has 0 aromatic carbocycles. The fourth-order valence-corrected chi connectivity index (χ4v) is 5.25.